The second kappa shape index (κ2) is 14.0. The third-order valence-electron chi connectivity index (χ3n) is 5.57. The van der Waals surface area contributed by atoms with E-state index in [0.29, 0.717) is 25.7 Å². The average molecular weight is 555 g/mol. The predicted molar refractivity (Wildman–Crippen MR) is 138 cm³/mol. The molecule has 0 aromatic heterocycles. The zero-order chi connectivity index (χ0) is 30.1. The van der Waals surface area contributed by atoms with Gasteiger partial charge in [-0.1, -0.05) is 0 Å². The zero-order valence-corrected chi connectivity index (χ0v) is 24.1. The van der Waals surface area contributed by atoms with E-state index in [2.05, 4.69) is 0 Å². The Morgan fingerprint density at radius 2 is 1.13 bits per heavy atom. The van der Waals surface area contributed by atoms with Gasteiger partial charge in [0.15, 0.2) is 0 Å². The van der Waals surface area contributed by atoms with Crippen LogP contribution in [0.15, 0.2) is 0 Å². The minimum atomic E-state index is -0.834. The van der Waals surface area contributed by atoms with Crippen LogP contribution < -0.4 is 5.73 Å². The lowest BCUT2D eigenvalue weighted by Crippen LogP contribution is -2.51. The smallest absolute Gasteiger partial charge is 0.412 e. The molecule has 3 amide bonds. The van der Waals surface area contributed by atoms with Crippen molar-refractivity contribution in [2.75, 3.05) is 13.2 Å². The molecule has 2 saturated heterocycles. The molecule has 39 heavy (non-hydrogen) atoms. The molecule has 2 fully saturated rings. The molecule has 0 saturated carbocycles. The van der Waals surface area contributed by atoms with Crippen molar-refractivity contribution in [2.45, 2.75) is 116 Å². The third kappa shape index (κ3) is 9.92. The van der Waals surface area contributed by atoms with Gasteiger partial charge in [0.2, 0.25) is 5.91 Å². The lowest BCUT2D eigenvalue weighted by atomic mass is 10.2. The highest BCUT2D eigenvalue weighted by atomic mass is 16.6. The van der Waals surface area contributed by atoms with E-state index in [0.717, 1.165) is 4.90 Å². The molecule has 13 heteroatoms. The first-order valence-corrected chi connectivity index (χ1v) is 13.0. The summed E-state index contributed by atoms with van der Waals surface area (Å²) in [4.78, 5) is 61.7. The largest absolute Gasteiger partial charge is 0.464 e. The molecule has 2 rings (SSSR count). The summed E-state index contributed by atoms with van der Waals surface area (Å²) in [5, 5.41) is 9.06. The van der Waals surface area contributed by atoms with Gasteiger partial charge in [-0.2, -0.15) is 5.26 Å². The summed E-state index contributed by atoms with van der Waals surface area (Å²) in [6.45, 7) is 14.2. The number of hydrogen-bond donors (Lipinski definition) is 1. The van der Waals surface area contributed by atoms with E-state index in [1.165, 1.54) is 4.90 Å². The van der Waals surface area contributed by atoms with Crippen molar-refractivity contribution >= 4 is 30.0 Å². The van der Waals surface area contributed by atoms with Gasteiger partial charge in [0.1, 0.15) is 35.4 Å². The Morgan fingerprint density at radius 3 is 1.51 bits per heavy atom. The number of likely N-dealkylation sites (tertiary alicyclic amines) is 2. The zero-order valence-electron chi connectivity index (χ0n) is 24.1. The number of nitriles is 1. The molecule has 2 aliphatic heterocycles. The Balaban J connectivity index is 0.000000391. The van der Waals surface area contributed by atoms with Crippen LogP contribution in [0.1, 0.15) is 81.1 Å². The summed E-state index contributed by atoms with van der Waals surface area (Å²) in [5.41, 5.74) is 3.90. The average Bonchev–Trinajstić information content (AvgIpc) is 3.42. The lowest BCUT2D eigenvalue weighted by molar-refractivity contribution is -0.149. The molecule has 220 valence electrons. The summed E-state index contributed by atoms with van der Waals surface area (Å²) in [6.07, 6.45) is 0.186. The van der Waals surface area contributed by atoms with E-state index in [9.17, 15) is 24.0 Å². The summed E-state index contributed by atoms with van der Waals surface area (Å²) in [7, 11) is 0. The molecule has 2 aliphatic rings. The second-order valence-electron chi connectivity index (χ2n) is 11.0. The molecular formula is C26H42N4O9. The Morgan fingerprint density at radius 1 is 0.744 bits per heavy atom. The minimum absolute atomic E-state index is 0.207. The van der Waals surface area contributed by atoms with Crippen molar-refractivity contribution in [2.24, 2.45) is 5.73 Å². The van der Waals surface area contributed by atoms with Gasteiger partial charge >= 0.3 is 24.1 Å². The van der Waals surface area contributed by atoms with Crippen molar-refractivity contribution in [3.63, 3.8) is 0 Å². The molecule has 0 unspecified atom stereocenters. The summed E-state index contributed by atoms with van der Waals surface area (Å²) in [5.74, 6) is -1.67. The molecule has 2 heterocycles. The van der Waals surface area contributed by atoms with Crippen LogP contribution in [0.25, 0.3) is 0 Å². The number of nitrogens with two attached hydrogens (primary N) is 1. The van der Waals surface area contributed by atoms with E-state index in [1.54, 1.807) is 55.4 Å². The number of ether oxygens (including phenoxy) is 4. The standard InChI is InChI=1S/C13H22N2O5.C13H20N2O4/c1-5-19-11(17)9-7-6-8(10(14)16)15(9)12(18)20-13(2,3)4;1-5-18-11(16)10-7-6-9(8-14)15(10)12(17)19-13(2,3)4/h8-9H,5-7H2,1-4H3,(H2,14,16);9-10H,5-7H2,1-4H3/t8-,9+;9-,10+/m11/s1. The number of rotatable bonds is 5. The normalized spacial score (nSPS) is 22.6. The Hall–Kier alpha value is -3.56. The van der Waals surface area contributed by atoms with Crippen molar-refractivity contribution in [1.82, 2.24) is 9.80 Å². The molecule has 0 spiro atoms. The van der Waals surface area contributed by atoms with Crippen LogP contribution in [-0.4, -0.2) is 88.4 Å². The molecule has 13 nitrogen and oxygen atoms in total. The SMILES string of the molecule is CCOC(=O)[C@@H]1CC[C@H](C#N)N1C(=O)OC(C)(C)C.CCOC(=O)[C@@H]1CC[C@H](C(N)=O)N1C(=O)OC(C)(C)C. The fraction of sp³-hybridized carbons (Fsp3) is 0.769. The van der Waals surface area contributed by atoms with E-state index in [4.69, 9.17) is 29.9 Å². The van der Waals surface area contributed by atoms with Gasteiger partial charge in [-0.3, -0.25) is 14.6 Å². The first-order valence-electron chi connectivity index (χ1n) is 13.0. The highest BCUT2D eigenvalue weighted by Gasteiger charge is 2.46. The number of carbonyl (C=O) groups excluding carboxylic acids is 5. The van der Waals surface area contributed by atoms with Gasteiger partial charge < -0.3 is 24.7 Å². The Bertz CT molecular complexity index is 949. The molecule has 0 aromatic carbocycles. The van der Waals surface area contributed by atoms with E-state index in [1.807, 2.05) is 6.07 Å². The number of nitrogens with zero attached hydrogens (tertiary/aromatic N) is 3. The van der Waals surface area contributed by atoms with Crippen molar-refractivity contribution < 1.29 is 42.9 Å². The van der Waals surface area contributed by atoms with Crippen LogP contribution >= 0.6 is 0 Å². The Labute approximate surface area is 229 Å². The topological polar surface area (TPSA) is 179 Å². The van der Waals surface area contributed by atoms with Crippen molar-refractivity contribution in [1.29, 1.82) is 5.26 Å². The fourth-order valence-corrected chi connectivity index (χ4v) is 4.11. The molecule has 0 bridgehead atoms. The number of carbonyl (C=O) groups is 5. The van der Waals surface area contributed by atoms with Crippen LogP contribution in [0.3, 0.4) is 0 Å². The van der Waals surface area contributed by atoms with E-state index in [-0.39, 0.29) is 13.2 Å². The minimum Gasteiger partial charge on any atom is -0.464 e. The van der Waals surface area contributed by atoms with Crippen LogP contribution in [0.2, 0.25) is 0 Å². The van der Waals surface area contributed by atoms with Gasteiger partial charge in [-0.25, -0.2) is 19.2 Å². The Kier molecular flexibility index (Phi) is 12.0. The summed E-state index contributed by atoms with van der Waals surface area (Å²) in [6, 6.07) is -0.984. The predicted octanol–water partition coefficient (Wildman–Crippen LogP) is 2.64. The van der Waals surface area contributed by atoms with Gasteiger partial charge in [0.25, 0.3) is 0 Å². The highest BCUT2D eigenvalue weighted by molar-refractivity contribution is 5.89. The number of primary amides is 1. The quantitative estimate of drug-likeness (QED) is 0.392. The van der Waals surface area contributed by atoms with Gasteiger partial charge in [0.05, 0.1) is 19.3 Å². The third-order valence-corrected chi connectivity index (χ3v) is 5.57. The van der Waals surface area contributed by atoms with Crippen molar-refractivity contribution in [3.05, 3.63) is 0 Å². The van der Waals surface area contributed by atoms with E-state index >= 15 is 0 Å². The number of esters is 2. The molecule has 0 aromatic rings. The molecule has 4 atom stereocenters. The van der Waals surface area contributed by atoms with Crippen LogP contribution in [0, 0.1) is 11.3 Å². The number of amides is 3. The maximum atomic E-state index is 12.2. The fourth-order valence-electron chi connectivity index (χ4n) is 4.11. The van der Waals surface area contributed by atoms with Gasteiger partial charge in [-0.15, -0.1) is 0 Å². The lowest BCUT2D eigenvalue weighted by Gasteiger charge is -2.30. The monoisotopic (exact) mass is 554 g/mol. The first-order chi connectivity index (χ1) is 18.0. The van der Waals surface area contributed by atoms with Crippen LogP contribution in [0.4, 0.5) is 9.59 Å². The number of hydrogen-bond acceptors (Lipinski definition) is 10. The van der Waals surface area contributed by atoms with Crippen LogP contribution in [-0.2, 0) is 33.3 Å². The molecule has 0 radical (unpaired) electrons. The maximum absolute atomic E-state index is 12.2. The van der Waals surface area contributed by atoms with Crippen LogP contribution in [0.5, 0.6) is 0 Å². The van der Waals surface area contributed by atoms with Gasteiger partial charge in [0, 0.05) is 0 Å². The first kappa shape index (κ1) is 33.5. The highest BCUT2D eigenvalue weighted by Crippen LogP contribution is 2.28. The van der Waals surface area contributed by atoms with Gasteiger partial charge in [-0.05, 0) is 81.1 Å². The molecule has 0 aliphatic carbocycles. The summed E-state index contributed by atoms with van der Waals surface area (Å²) >= 11 is 0. The molecule has 2 N–H and O–H groups in total. The molecular weight excluding hydrogens is 512 g/mol. The maximum Gasteiger partial charge on any atom is 0.412 e. The second-order valence-corrected chi connectivity index (χ2v) is 11.0. The van der Waals surface area contributed by atoms with Crippen molar-refractivity contribution in [3.8, 4) is 6.07 Å². The van der Waals surface area contributed by atoms with E-state index < -0.39 is 65.4 Å². The summed E-state index contributed by atoms with van der Waals surface area (Å²) < 4.78 is 20.3.